The number of carbonyl (C=O) groups is 1. The minimum absolute atomic E-state index is 0.0769. The van der Waals surface area contributed by atoms with Gasteiger partial charge in [0.25, 0.3) is 0 Å². The van der Waals surface area contributed by atoms with Crippen LogP contribution < -0.4 is 10.6 Å². The van der Waals surface area contributed by atoms with Gasteiger partial charge in [0.1, 0.15) is 5.82 Å². The minimum atomic E-state index is -0.410. The van der Waals surface area contributed by atoms with E-state index in [1.807, 2.05) is 6.07 Å². The lowest BCUT2D eigenvalue weighted by atomic mass is 9.78. The number of nitrogens with zero attached hydrogens (tertiary/aromatic N) is 2. The summed E-state index contributed by atoms with van der Waals surface area (Å²) >= 11 is 14.0. The van der Waals surface area contributed by atoms with Gasteiger partial charge in [0.15, 0.2) is 5.78 Å². The molecule has 2 aliphatic rings. The number of hydrogen-bond acceptors (Lipinski definition) is 5. The van der Waals surface area contributed by atoms with E-state index in [1.165, 1.54) is 4.88 Å². The molecule has 2 aromatic rings. The Balaban J connectivity index is 1.95. The molecule has 4 rings (SSSR count). The average molecular weight is 444 g/mol. The third kappa shape index (κ3) is 3.36. The first-order valence-electron chi connectivity index (χ1n) is 9.46. The number of allylic oxidation sites excluding steroid dienone is 3. The molecular formula is C22H19Cl2N3OS. The van der Waals surface area contributed by atoms with Crippen LogP contribution in [0.4, 0.5) is 5.69 Å². The number of benzene rings is 1. The fraction of sp³-hybridized carbons (Fsp3) is 0.273. The van der Waals surface area contributed by atoms with Gasteiger partial charge in [0, 0.05) is 33.1 Å². The molecule has 0 saturated heterocycles. The highest BCUT2D eigenvalue weighted by atomic mass is 35.5. The lowest BCUT2D eigenvalue weighted by Crippen LogP contribution is -2.38. The number of hydrogen-bond donors (Lipinski definition) is 1. The molecular weight excluding hydrogens is 425 g/mol. The average Bonchev–Trinajstić information content (AvgIpc) is 3.18. The molecule has 0 saturated carbocycles. The van der Waals surface area contributed by atoms with Crippen LogP contribution in [0.15, 0.2) is 53.0 Å². The van der Waals surface area contributed by atoms with Crippen molar-refractivity contribution in [3.63, 3.8) is 0 Å². The summed E-state index contributed by atoms with van der Waals surface area (Å²) in [5, 5.41) is 10.8. The molecule has 1 aliphatic carbocycles. The van der Waals surface area contributed by atoms with Crippen LogP contribution in [0.3, 0.4) is 0 Å². The fourth-order valence-corrected chi connectivity index (χ4v) is 5.39. The second kappa shape index (κ2) is 7.87. The van der Waals surface area contributed by atoms with E-state index >= 15 is 0 Å². The molecule has 0 amide bonds. The highest BCUT2D eigenvalue weighted by Crippen LogP contribution is 2.48. The summed E-state index contributed by atoms with van der Waals surface area (Å²) in [5.74, 6) is 0.0101. The Morgan fingerprint density at radius 2 is 2.03 bits per heavy atom. The van der Waals surface area contributed by atoms with E-state index in [9.17, 15) is 10.1 Å². The van der Waals surface area contributed by atoms with Gasteiger partial charge in [0.05, 0.1) is 27.6 Å². The number of anilines is 1. The van der Waals surface area contributed by atoms with Crippen molar-refractivity contribution in [2.75, 3.05) is 4.90 Å². The number of thiophene rings is 1. The number of Topliss-reactive ketones (excluding diaryl/α,β-unsaturated/α-hetero) is 1. The number of nitrogens with two attached hydrogens (primary N) is 1. The largest absolute Gasteiger partial charge is 0.384 e. The van der Waals surface area contributed by atoms with Crippen molar-refractivity contribution < 1.29 is 4.79 Å². The van der Waals surface area contributed by atoms with Crippen LogP contribution in [0, 0.1) is 11.3 Å². The Kier molecular flexibility index (Phi) is 5.44. The standard InChI is InChI=1S/C22H19Cl2N3OS/c1-2-13-7-9-19(29-13)20-14(11-25)22(26)27(12-6-8-15(23)16(24)10-12)17-4-3-5-18(28)21(17)20/h6-10,20H,2-5,26H2,1H3. The maximum Gasteiger partial charge on any atom is 0.161 e. The van der Waals surface area contributed by atoms with Crippen molar-refractivity contribution in [1.29, 1.82) is 5.26 Å². The number of carbonyl (C=O) groups excluding carboxylic acids is 1. The predicted octanol–water partition coefficient (Wildman–Crippen LogP) is 5.92. The van der Waals surface area contributed by atoms with Crippen LogP contribution in [0.1, 0.15) is 41.9 Å². The third-order valence-corrected chi connectivity index (χ3v) is 7.42. The SMILES string of the molecule is CCc1ccc(C2C(C#N)=C(N)N(c3ccc(Cl)c(Cl)c3)C3=C2C(=O)CCC3)s1. The molecule has 29 heavy (non-hydrogen) atoms. The monoisotopic (exact) mass is 443 g/mol. The van der Waals surface area contributed by atoms with Crippen molar-refractivity contribution in [2.45, 2.75) is 38.5 Å². The molecule has 0 radical (unpaired) electrons. The van der Waals surface area contributed by atoms with Gasteiger partial charge in [-0.05, 0) is 49.6 Å². The minimum Gasteiger partial charge on any atom is -0.384 e. The molecule has 0 spiro atoms. The maximum atomic E-state index is 13.1. The zero-order chi connectivity index (χ0) is 20.7. The number of nitriles is 1. The summed E-state index contributed by atoms with van der Waals surface area (Å²) in [6, 6.07) is 11.6. The molecule has 148 valence electrons. The fourth-order valence-electron chi connectivity index (χ4n) is 4.03. The van der Waals surface area contributed by atoms with Gasteiger partial charge in [-0.25, -0.2) is 0 Å². The highest BCUT2D eigenvalue weighted by molar-refractivity contribution is 7.12. The van der Waals surface area contributed by atoms with E-state index in [2.05, 4.69) is 19.1 Å². The van der Waals surface area contributed by atoms with Crippen molar-refractivity contribution in [2.24, 2.45) is 5.73 Å². The second-order valence-electron chi connectivity index (χ2n) is 7.07. The van der Waals surface area contributed by atoms with Gasteiger partial charge in [-0.2, -0.15) is 5.26 Å². The molecule has 1 aromatic carbocycles. The quantitative estimate of drug-likeness (QED) is 0.638. The Morgan fingerprint density at radius 1 is 1.24 bits per heavy atom. The van der Waals surface area contributed by atoms with E-state index in [0.717, 1.165) is 23.4 Å². The predicted molar refractivity (Wildman–Crippen MR) is 118 cm³/mol. The summed E-state index contributed by atoms with van der Waals surface area (Å²) < 4.78 is 0. The normalized spacial score (nSPS) is 19.4. The molecule has 2 heterocycles. The molecule has 1 unspecified atom stereocenters. The first kappa shape index (κ1) is 20.0. The Bertz CT molecular complexity index is 1110. The van der Waals surface area contributed by atoms with E-state index in [-0.39, 0.29) is 5.78 Å². The van der Waals surface area contributed by atoms with Gasteiger partial charge in [-0.1, -0.05) is 30.1 Å². The molecule has 7 heteroatoms. The highest BCUT2D eigenvalue weighted by Gasteiger charge is 2.40. The van der Waals surface area contributed by atoms with Crippen molar-refractivity contribution in [1.82, 2.24) is 0 Å². The Morgan fingerprint density at radius 3 is 2.69 bits per heavy atom. The van der Waals surface area contributed by atoms with Crippen LogP contribution in [-0.2, 0) is 11.2 Å². The van der Waals surface area contributed by atoms with Crippen LogP contribution in [0.5, 0.6) is 0 Å². The molecule has 4 nitrogen and oxygen atoms in total. The number of rotatable bonds is 3. The third-order valence-electron chi connectivity index (χ3n) is 5.39. The maximum absolute atomic E-state index is 13.1. The topological polar surface area (TPSA) is 70.1 Å². The second-order valence-corrected chi connectivity index (χ2v) is 9.09. The van der Waals surface area contributed by atoms with Crippen LogP contribution in [0.25, 0.3) is 0 Å². The first-order valence-corrected chi connectivity index (χ1v) is 11.0. The molecule has 1 aromatic heterocycles. The van der Waals surface area contributed by atoms with Gasteiger partial charge in [-0.15, -0.1) is 11.3 Å². The van der Waals surface area contributed by atoms with Gasteiger partial charge < -0.3 is 5.73 Å². The number of halogens is 2. The summed E-state index contributed by atoms with van der Waals surface area (Å²) in [5.41, 5.74) is 9.17. The van der Waals surface area contributed by atoms with Crippen molar-refractivity contribution in [3.05, 3.63) is 72.8 Å². The molecule has 0 fully saturated rings. The molecule has 2 N–H and O–H groups in total. The Hall–Kier alpha value is -2.26. The zero-order valence-corrected chi connectivity index (χ0v) is 18.2. The number of aryl methyl sites for hydroxylation is 1. The summed E-state index contributed by atoms with van der Waals surface area (Å²) in [6.45, 7) is 2.09. The lowest BCUT2D eigenvalue weighted by molar-refractivity contribution is -0.116. The van der Waals surface area contributed by atoms with Crippen LogP contribution in [0.2, 0.25) is 10.0 Å². The van der Waals surface area contributed by atoms with E-state index in [1.54, 1.807) is 34.4 Å². The van der Waals surface area contributed by atoms with E-state index in [4.69, 9.17) is 28.9 Å². The van der Waals surface area contributed by atoms with Gasteiger partial charge >= 0.3 is 0 Å². The number of ketones is 1. The Labute approximate surface area is 183 Å². The summed E-state index contributed by atoms with van der Waals surface area (Å²) in [7, 11) is 0. The molecule has 0 bridgehead atoms. The smallest absolute Gasteiger partial charge is 0.161 e. The van der Waals surface area contributed by atoms with Crippen molar-refractivity contribution >= 4 is 46.0 Å². The van der Waals surface area contributed by atoms with Crippen LogP contribution in [-0.4, -0.2) is 5.78 Å². The first-order chi connectivity index (χ1) is 14.0. The molecule has 1 atom stereocenters. The van der Waals surface area contributed by atoms with Crippen LogP contribution >= 0.6 is 34.5 Å². The zero-order valence-electron chi connectivity index (χ0n) is 15.8. The van der Waals surface area contributed by atoms with E-state index < -0.39 is 5.92 Å². The van der Waals surface area contributed by atoms with Gasteiger partial charge in [-0.3, -0.25) is 9.69 Å². The summed E-state index contributed by atoms with van der Waals surface area (Å²) in [4.78, 5) is 17.1. The van der Waals surface area contributed by atoms with E-state index in [0.29, 0.717) is 45.5 Å². The lowest BCUT2D eigenvalue weighted by Gasteiger charge is -2.39. The van der Waals surface area contributed by atoms with Crippen molar-refractivity contribution in [3.8, 4) is 6.07 Å². The molecule has 1 aliphatic heterocycles. The summed E-state index contributed by atoms with van der Waals surface area (Å²) in [6.07, 6.45) is 2.86. The van der Waals surface area contributed by atoms with Gasteiger partial charge in [0.2, 0.25) is 0 Å².